The van der Waals surface area contributed by atoms with E-state index in [0.717, 1.165) is 25.3 Å². The van der Waals surface area contributed by atoms with Gasteiger partial charge in [0.25, 0.3) is 0 Å². The van der Waals surface area contributed by atoms with Crippen LogP contribution in [0.15, 0.2) is 36.4 Å². The molecule has 3 rings (SSSR count). The van der Waals surface area contributed by atoms with Crippen molar-refractivity contribution in [2.24, 2.45) is 0 Å². The number of thiophene rings is 1. The summed E-state index contributed by atoms with van der Waals surface area (Å²) in [6, 6.07) is 13.3. The molecule has 3 heteroatoms. The molecule has 2 aromatic rings. The third-order valence-electron chi connectivity index (χ3n) is 3.81. The highest BCUT2D eigenvalue weighted by atomic mass is 32.1. The van der Waals surface area contributed by atoms with Gasteiger partial charge in [0.2, 0.25) is 0 Å². The molecule has 2 atom stereocenters. The average Bonchev–Trinajstić information content (AvgIpc) is 3.03. The van der Waals surface area contributed by atoms with Crippen LogP contribution >= 0.6 is 11.3 Å². The third-order valence-corrected chi connectivity index (χ3v) is 4.84. The lowest BCUT2D eigenvalue weighted by atomic mass is 10.0. The predicted molar refractivity (Wildman–Crippen MR) is 84.9 cm³/mol. The molecule has 1 aliphatic rings. The van der Waals surface area contributed by atoms with Crippen molar-refractivity contribution in [3.05, 3.63) is 51.7 Å². The fourth-order valence-electron chi connectivity index (χ4n) is 2.71. The third kappa shape index (κ3) is 3.05. The molecule has 2 heterocycles. The SMILES string of the molecule is Cc1ccc(CC(C)NCC2COc3ccccc32)s1. The Hall–Kier alpha value is -1.32. The molecule has 0 aliphatic carbocycles. The van der Waals surface area contributed by atoms with E-state index in [1.165, 1.54) is 15.3 Å². The van der Waals surface area contributed by atoms with E-state index in [0.29, 0.717) is 12.0 Å². The normalized spacial score (nSPS) is 18.6. The van der Waals surface area contributed by atoms with Gasteiger partial charge < -0.3 is 10.1 Å². The number of rotatable bonds is 5. The number of aryl methyl sites for hydroxylation is 1. The minimum Gasteiger partial charge on any atom is -0.493 e. The Morgan fingerprint density at radius 1 is 1.30 bits per heavy atom. The maximum atomic E-state index is 5.73. The molecule has 20 heavy (non-hydrogen) atoms. The molecule has 0 amide bonds. The first-order valence-electron chi connectivity index (χ1n) is 7.23. The van der Waals surface area contributed by atoms with Crippen LogP contribution in [-0.2, 0) is 6.42 Å². The van der Waals surface area contributed by atoms with Crippen molar-refractivity contribution < 1.29 is 4.74 Å². The lowest BCUT2D eigenvalue weighted by Gasteiger charge is -2.16. The van der Waals surface area contributed by atoms with Crippen molar-refractivity contribution in [3.63, 3.8) is 0 Å². The zero-order valence-corrected chi connectivity index (χ0v) is 12.9. The smallest absolute Gasteiger partial charge is 0.122 e. The van der Waals surface area contributed by atoms with Crippen LogP contribution < -0.4 is 10.1 Å². The van der Waals surface area contributed by atoms with E-state index in [1.807, 2.05) is 17.4 Å². The van der Waals surface area contributed by atoms with Crippen LogP contribution in [-0.4, -0.2) is 19.2 Å². The molecule has 1 aromatic carbocycles. The van der Waals surface area contributed by atoms with E-state index >= 15 is 0 Å². The Morgan fingerprint density at radius 2 is 2.15 bits per heavy atom. The summed E-state index contributed by atoms with van der Waals surface area (Å²) in [7, 11) is 0. The predicted octanol–water partition coefficient (Wildman–Crippen LogP) is 3.75. The summed E-state index contributed by atoms with van der Waals surface area (Å²) < 4.78 is 5.73. The van der Waals surface area contributed by atoms with E-state index in [1.54, 1.807) is 0 Å². The van der Waals surface area contributed by atoms with Gasteiger partial charge in [0.1, 0.15) is 5.75 Å². The highest BCUT2D eigenvalue weighted by molar-refractivity contribution is 7.11. The summed E-state index contributed by atoms with van der Waals surface area (Å²) in [4.78, 5) is 2.86. The first-order chi connectivity index (χ1) is 9.72. The molecule has 0 fully saturated rings. The van der Waals surface area contributed by atoms with E-state index in [2.05, 4.69) is 49.5 Å². The molecular weight excluding hydrogens is 266 g/mol. The van der Waals surface area contributed by atoms with Crippen molar-refractivity contribution in [2.75, 3.05) is 13.2 Å². The molecule has 1 N–H and O–H groups in total. The Morgan fingerprint density at radius 3 is 2.95 bits per heavy atom. The summed E-state index contributed by atoms with van der Waals surface area (Å²) >= 11 is 1.90. The summed E-state index contributed by atoms with van der Waals surface area (Å²) in [6.07, 6.45) is 1.10. The number of hydrogen-bond donors (Lipinski definition) is 1. The molecule has 1 aromatic heterocycles. The van der Waals surface area contributed by atoms with E-state index in [9.17, 15) is 0 Å². The van der Waals surface area contributed by atoms with Gasteiger partial charge in [-0.1, -0.05) is 18.2 Å². The van der Waals surface area contributed by atoms with Gasteiger partial charge in [0, 0.05) is 33.8 Å². The summed E-state index contributed by atoms with van der Waals surface area (Å²) in [5.41, 5.74) is 1.35. The van der Waals surface area contributed by atoms with Crippen molar-refractivity contribution in [3.8, 4) is 5.75 Å². The van der Waals surface area contributed by atoms with Gasteiger partial charge in [-0.15, -0.1) is 11.3 Å². The maximum Gasteiger partial charge on any atom is 0.122 e. The Labute approximate surface area is 124 Å². The molecule has 0 saturated carbocycles. The fraction of sp³-hybridized carbons (Fsp3) is 0.412. The second kappa shape index (κ2) is 5.98. The second-order valence-corrected chi connectivity index (χ2v) is 6.94. The highest BCUT2D eigenvalue weighted by Gasteiger charge is 2.23. The van der Waals surface area contributed by atoms with Gasteiger partial charge in [0.05, 0.1) is 6.61 Å². The van der Waals surface area contributed by atoms with Crippen LogP contribution in [0.2, 0.25) is 0 Å². The number of nitrogens with one attached hydrogen (secondary N) is 1. The van der Waals surface area contributed by atoms with Gasteiger partial charge in [-0.05, 0) is 38.5 Å². The van der Waals surface area contributed by atoms with Crippen molar-refractivity contribution in [1.29, 1.82) is 0 Å². The van der Waals surface area contributed by atoms with Gasteiger partial charge in [-0.25, -0.2) is 0 Å². The van der Waals surface area contributed by atoms with Gasteiger partial charge in [-0.2, -0.15) is 0 Å². The fourth-order valence-corrected chi connectivity index (χ4v) is 3.73. The Bertz CT molecular complexity index is 578. The topological polar surface area (TPSA) is 21.3 Å². The zero-order chi connectivity index (χ0) is 13.9. The van der Waals surface area contributed by atoms with Crippen LogP contribution in [0.5, 0.6) is 5.75 Å². The van der Waals surface area contributed by atoms with Crippen molar-refractivity contribution >= 4 is 11.3 Å². The second-order valence-electron chi connectivity index (χ2n) is 5.57. The summed E-state index contributed by atoms with van der Waals surface area (Å²) in [5, 5.41) is 3.65. The first kappa shape index (κ1) is 13.7. The van der Waals surface area contributed by atoms with Crippen LogP contribution in [0.1, 0.15) is 28.2 Å². The Balaban J connectivity index is 1.53. The van der Waals surface area contributed by atoms with E-state index in [-0.39, 0.29) is 0 Å². The van der Waals surface area contributed by atoms with E-state index in [4.69, 9.17) is 4.74 Å². The molecule has 2 unspecified atom stereocenters. The van der Waals surface area contributed by atoms with Gasteiger partial charge in [0.15, 0.2) is 0 Å². The van der Waals surface area contributed by atoms with Crippen LogP contribution in [0.3, 0.4) is 0 Å². The maximum absolute atomic E-state index is 5.73. The van der Waals surface area contributed by atoms with Gasteiger partial charge in [-0.3, -0.25) is 0 Å². The molecule has 0 radical (unpaired) electrons. The monoisotopic (exact) mass is 287 g/mol. The Kier molecular flexibility index (Phi) is 4.08. The standard InChI is InChI=1S/C17H21NOS/c1-12(9-15-8-7-13(2)20-15)18-10-14-11-19-17-6-4-3-5-16(14)17/h3-8,12,14,18H,9-11H2,1-2H3. The van der Waals surface area contributed by atoms with Crippen LogP contribution in [0, 0.1) is 6.92 Å². The molecule has 2 nitrogen and oxygen atoms in total. The zero-order valence-electron chi connectivity index (χ0n) is 12.1. The number of benzene rings is 1. The number of ether oxygens (including phenoxy) is 1. The summed E-state index contributed by atoms with van der Waals surface area (Å²) in [5.74, 6) is 1.54. The van der Waals surface area contributed by atoms with Crippen molar-refractivity contribution in [1.82, 2.24) is 5.32 Å². The van der Waals surface area contributed by atoms with Crippen molar-refractivity contribution in [2.45, 2.75) is 32.2 Å². The minimum absolute atomic E-state index is 0.485. The molecule has 0 bridgehead atoms. The lowest BCUT2D eigenvalue weighted by molar-refractivity contribution is 0.323. The number of fused-ring (bicyclic) bond motifs is 1. The molecule has 0 saturated heterocycles. The number of hydrogen-bond acceptors (Lipinski definition) is 3. The lowest BCUT2D eigenvalue weighted by Crippen LogP contribution is -2.32. The van der Waals surface area contributed by atoms with E-state index < -0.39 is 0 Å². The minimum atomic E-state index is 0.485. The molecular formula is C17H21NOS. The molecule has 1 aliphatic heterocycles. The quantitative estimate of drug-likeness (QED) is 0.904. The van der Waals surface area contributed by atoms with Gasteiger partial charge >= 0.3 is 0 Å². The largest absolute Gasteiger partial charge is 0.493 e. The van der Waals surface area contributed by atoms with Crippen LogP contribution in [0.25, 0.3) is 0 Å². The first-order valence-corrected chi connectivity index (χ1v) is 8.04. The summed E-state index contributed by atoms with van der Waals surface area (Å²) in [6.45, 7) is 6.22. The highest BCUT2D eigenvalue weighted by Crippen LogP contribution is 2.32. The van der Waals surface area contributed by atoms with Crippen LogP contribution in [0.4, 0.5) is 0 Å². The molecule has 0 spiro atoms. The molecule has 106 valence electrons. The number of para-hydroxylation sites is 1. The average molecular weight is 287 g/mol.